The third-order valence-electron chi connectivity index (χ3n) is 3.99. The Bertz CT molecular complexity index is 522. The summed E-state index contributed by atoms with van der Waals surface area (Å²) in [6.45, 7) is 0.344. The largest absolute Gasteiger partial charge is 0.463 e. The summed E-state index contributed by atoms with van der Waals surface area (Å²) in [5.41, 5.74) is 0. The maximum atomic E-state index is 11.7. The third kappa shape index (κ3) is 5.60. The van der Waals surface area contributed by atoms with E-state index in [1.54, 1.807) is 6.07 Å². The number of nitrogens with zero attached hydrogens (tertiary/aromatic N) is 1. The minimum Gasteiger partial charge on any atom is -0.463 e. The fourth-order valence-corrected chi connectivity index (χ4v) is 4.38. The highest BCUT2D eigenvalue weighted by molar-refractivity contribution is 8.00. The smallest absolute Gasteiger partial charge is 0.320 e. The summed E-state index contributed by atoms with van der Waals surface area (Å²) in [6.07, 6.45) is 2.86. The van der Waals surface area contributed by atoms with Crippen LogP contribution in [0.3, 0.4) is 0 Å². The topological polar surface area (TPSA) is 120 Å². The van der Waals surface area contributed by atoms with Gasteiger partial charge in [-0.1, -0.05) is 6.42 Å². The fraction of sp³-hybridized carbons (Fsp3) is 0.733. The number of ether oxygens (including phenoxy) is 1. The molecule has 132 valence electrons. The standard InChI is InChI=1S/C15H22N4O4S/c16-6-5-13(21)23-8-7-17-12(20)4-2-1-3-11-14-10(9-24-11)18-15(22)19-14/h10-11,14H,1-5,7-9H2,(H,17,20)(H2,18,19,22)/t10?,11?,14-/m0/s1. The van der Waals surface area contributed by atoms with Crippen LogP contribution in [0, 0.1) is 11.3 Å². The number of carbonyl (C=O) groups is 3. The van der Waals surface area contributed by atoms with Crippen LogP contribution in [0.1, 0.15) is 32.1 Å². The van der Waals surface area contributed by atoms with E-state index in [9.17, 15) is 14.4 Å². The summed E-state index contributed by atoms with van der Waals surface area (Å²) in [7, 11) is 0. The Morgan fingerprint density at radius 2 is 2.21 bits per heavy atom. The molecule has 0 aromatic rings. The molecular formula is C15H22N4O4S. The zero-order valence-corrected chi connectivity index (χ0v) is 14.2. The third-order valence-corrected chi connectivity index (χ3v) is 5.50. The van der Waals surface area contributed by atoms with E-state index in [4.69, 9.17) is 10.00 Å². The summed E-state index contributed by atoms with van der Waals surface area (Å²) in [4.78, 5) is 33.9. The van der Waals surface area contributed by atoms with Crippen LogP contribution in [0.4, 0.5) is 4.79 Å². The molecule has 0 saturated carbocycles. The molecule has 2 aliphatic heterocycles. The second-order valence-electron chi connectivity index (χ2n) is 5.77. The van der Waals surface area contributed by atoms with Gasteiger partial charge in [-0.05, 0) is 12.8 Å². The summed E-state index contributed by atoms with van der Waals surface area (Å²) in [5.74, 6) is 0.297. The van der Waals surface area contributed by atoms with E-state index >= 15 is 0 Å². The Hall–Kier alpha value is -1.95. The van der Waals surface area contributed by atoms with Crippen molar-refractivity contribution in [3.8, 4) is 6.07 Å². The number of thioether (sulfide) groups is 1. The van der Waals surface area contributed by atoms with E-state index in [0.717, 1.165) is 25.0 Å². The van der Waals surface area contributed by atoms with Crippen LogP contribution < -0.4 is 16.0 Å². The van der Waals surface area contributed by atoms with Gasteiger partial charge in [0.05, 0.1) is 24.7 Å². The highest BCUT2D eigenvalue weighted by Gasteiger charge is 2.42. The molecular weight excluding hydrogens is 332 g/mol. The molecule has 24 heavy (non-hydrogen) atoms. The fourth-order valence-electron chi connectivity index (χ4n) is 2.83. The molecule has 0 aromatic carbocycles. The quantitative estimate of drug-likeness (QED) is 0.311. The van der Waals surface area contributed by atoms with Gasteiger partial charge in [0, 0.05) is 17.4 Å². The van der Waals surface area contributed by atoms with Gasteiger partial charge in [0.15, 0.2) is 0 Å². The van der Waals surface area contributed by atoms with E-state index < -0.39 is 5.97 Å². The van der Waals surface area contributed by atoms with Crippen LogP contribution in [-0.4, -0.2) is 54.1 Å². The van der Waals surface area contributed by atoms with Gasteiger partial charge in [0.1, 0.15) is 13.0 Å². The van der Waals surface area contributed by atoms with Crippen LogP contribution in [0.25, 0.3) is 0 Å². The minimum atomic E-state index is -0.576. The Kier molecular flexibility index (Phi) is 7.18. The average molecular weight is 354 g/mol. The molecule has 0 aliphatic carbocycles. The lowest BCUT2D eigenvalue weighted by molar-refractivity contribution is -0.142. The maximum absolute atomic E-state index is 11.7. The van der Waals surface area contributed by atoms with Crippen LogP contribution in [0.2, 0.25) is 0 Å². The van der Waals surface area contributed by atoms with Crippen molar-refractivity contribution in [2.45, 2.75) is 49.4 Å². The molecule has 3 amide bonds. The summed E-state index contributed by atoms with van der Waals surface area (Å²) >= 11 is 1.87. The number of urea groups is 1. The van der Waals surface area contributed by atoms with Crippen molar-refractivity contribution in [1.82, 2.24) is 16.0 Å². The normalized spacial score (nSPS) is 24.5. The Morgan fingerprint density at radius 3 is 3.00 bits per heavy atom. The first-order chi connectivity index (χ1) is 11.6. The molecule has 9 heteroatoms. The minimum absolute atomic E-state index is 0.0703. The lowest BCUT2D eigenvalue weighted by atomic mass is 10.0. The first kappa shape index (κ1) is 18.4. The van der Waals surface area contributed by atoms with Gasteiger partial charge in [-0.2, -0.15) is 17.0 Å². The molecule has 0 spiro atoms. The lowest BCUT2D eigenvalue weighted by Gasteiger charge is -2.16. The molecule has 2 heterocycles. The summed E-state index contributed by atoms with van der Waals surface area (Å²) in [5, 5.41) is 17.3. The molecule has 0 radical (unpaired) electrons. The van der Waals surface area contributed by atoms with Crippen molar-refractivity contribution in [1.29, 1.82) is 5.26 Å². The highest BCUT2D eigenvalue weighted by Crippen LogP contribution is 2.33. The van der Waals surface area contributed by atoms with E-state index in [1.807, 2.05) is 11.8 Å². The molecule has 2 aliphatic rings. The number of nitriles is 1. The lowest BCUT2D eigenvalue weighted by Crippen LogP contribution is -2.36. The molecule has 3 N–H and O–H groups in total. The first-order valence-corrected chi connectivity index (χ1v) is 9.13. The van der Waals surface area contributed by atoms with Gasteiger partial charge >= 0.3 is 12.0 Å². The molecule has 3 atom stereocenters. The summed E-state index contributed by atoms with van der Waals surface area (Å²) < 4.78 is 4.76. The van der Waals surface area contributed by atoms with Crippen molar-refractivity contribution >= 4 is 29.7 Å². The van der Waals surface area contributed by atoms with Gasteiger partial charge in [-0.3, -0.25) is 9.59 Å². The van der Waals surface area contributed by atoms with Crippen molar-refractivity contribution in [2.75, 3.05) is 18.9 Å². The predicted octanol–water partition coefficient (Wildman–Crippen LogP) is 0.285. The Labute approximate surface area is 145 Å². The highest BCUT2D eigenvalue weighted by atomic mass is 32.2. The van der Waals surface area contributed by atoms with Crippen molar-refractivity contribution in [3.05, 3.63) is 0 Å². The summed E-state index contributed by atoms with van der Waals surface area (Å²) in [6, 6.07) is 2.07. The van der Waals surface area contributed by atoms with Gasteiger partial charge in [0.2, 0.25) is 5.91 Å². The van der Waals surface area contributed by atoms with Gasteiger partial charge in [-0.25, -0.2) is 4.79 Å². The van der Waals surface area contributed by atoms with Gasteiger partial charge in [-0.15, -0.1) is 0 Å². The molecule has 0 bridgehead atoms. The number of rotatable bonds is 9. The van der Waals surface area contributed by atoms with Crippen molar-refractivity contribution < 1.29 is 19.1 Å². The molecule has 0 aromatic heterocycles. The van der Waals surface area contributed by atoms with Crippen LogP contribution in [0.5, 0.6) is 0 Å². The number of esters is 1. The molecule has 2 unspecified atom stereocenters. The number of nitrogens with one attached hydrogen (secondary N) is 3. The number of hydrogen-bond donors (Lipinski definition) is 3. The molecule has 2 saturated heterocycles. The number of hydrogen-bond acceptors (Lipinski definition) is 6. The van der Waals surface area contributed by atoms with Crippen molar-refractivity contribution in [3.63, 3.8) is 0 Å². The molecule has 8 nitrogen and oxygen atoms in total. The van der Waals surface area contributed by atoms with E-state index in [-0.39, 0.29) is 43.6 Å². The predicted molar refractivity (Wildman–Crippen MR) is 88.2 cm³/mol. The van der Waals surface area contributed by atoms with Gasteiger partial charge in [0.25, 0.3) is 0 Å². The first-order valence-electron chi connectivity index (χ1n) is 8.08. The monoisotopic (exact) mass is 354 g/mol. The number of unbranched alkanes of at least 4 members (excludes halogenated alkanes) is 1. The van der Waals surface area contributed by atoms with E-state index in [0.29, 0.717) is 11.7 Å². The number of fused-ring (bicyclic) bond motifs is 1. The van der Waals surface area contributed by atoms with E-state index in [1.165, 1.54) is 0 Å². The zero-order chi connectivity index (χ0) is 17.4. The van der Waals surface area contributed by atoms with Gasteiger partial charge < -0.3 is 20.7 Å². The number of amides is 3. The van der Waals surface area contributed by atoms with Crippen LogP contribution >= 0.6 is 11.8 Å². The number of carbonyl (C=O) groups excluding carboxylic acids is 3. The van der Waals surface area contributed by atoms with Crippen LogP contribution in [0.15, 0.2) is 0 Å². The van der Waals surface area contributed by atoms with E-state index in [2.05, 4.69) is 16.0 Å². The average Bonchev–Trinajstić information content (AvgIpc) is 3.08. The second-order valence-corrected chi connectivity index (χ2v) is 7.05. The maximum Gasteiger partial charge on any atom is 0.320 e. The molecule has 2 fully saturated rings. The zero-order valence-electron chi connectivity index (χ0n) is 13.4. The Morgan fingerprint density at radius 1 is 1.38 bits per heavy atom. The second kappa shape index (κ2) is 9.37. The van der Waals surface area contributed by atoms with Crippen molar-refractivity contribution in [2.24, 2.45) is 0 Å². The molecule has 2 rings (SSSR count). The SMILES string of the molecule is N#CCC(=O)OCCNC(=O)CCCCC1SCC2NC(=O)N[C@@H]21. The van der Waals surface area contributed by atoms with Crippen LogP contribution in [-0.2, 0) is 14.3 Å². The Balaban J connectivity index is 1.49.